The van der Waals surface area contributed by atoms with Gasteiger partial charge in [0.2, 0.25) is 0 Å². The van der Waals surface area contributed by atoms with Crippen LogP contribution in [0.15, 0.2) is 24.5 Å². The van der Waals surface area contributed by atoms with Crippen molar-refractivity contribution in [1.29, 1.82) is 0 Å². The van der Waals surface area contributed by atoms with Gasteiger partial charge in [-0.1, -0.05) is 6.07 Å². The van der Waals surface area contributed by atoms with Crippen LogP contribution in [-0.2, 0) is 11.2 Å². The zero-order chi connectivity index (χ0) is 7.40. The second-order valence-electron chi connectivity index (χ2n) is 1.93. The Kier molecular flexibility index (Phi) is 4.59. The van der Waals surface area contributed by atoms with Gasteiger partial charge in [-0.15, -0.1) is 0 Å². The first-order valence-electron chi connectivity index (χ1n) is 2.90. The minimum absolute atomic E-state index is 0. The Balaban J connectivity index is 0.000001000. The van der Waals surface area contributed by atoms with E-state index in [0.717, 1.165) is 5.56 Å². The molecule has 1 aromatic rings. The van der Waals surface area contributed by atoms with Gasteiger partial charge in [0.25, 0.3) is 0 Å². The molecule has 1 radical (unpaired) electrons. The van der Waals surface area contributed by atoms with Crippen LogP contribution < -0.4 is 0 Å². The molecule has 0 aromatic carbocycles. The minimum Gasteiger partial charge on any atom is -0.481 e. The Morgan fingerprint density at radius 1 is 1.64 bits per heavy atom. The molecule has 1 aromatic heterocycles. The molecule has 0 atom stereocenters. The SMILES string of the molecule is O=C(O)Cc1cccnc1.[Li]. The summed E-state index contributed by atoms with van der Waals surface area (Å²) >= 11 is 0. The molecule has 0 spiro atoms. The third kappa shape index (κ3) is 3.82. The van der Waals surface area contributed by atoms with E-state index in [9.17, 15) is 4.79 Å². The zero-order valence-corrected chi connectivity index (χ0v) is 6.32. The van der Waals surface area contributed by atoms with Crippen LogP contribution in [0.4, 0.5) is 0 Å². The van der Waals surface area contributed by atoms with Crippen LogP contribution in [0.5, 0.6) is 0 Å². The topological polar surface area (TPSA) is 50.2 Å². The third-order valence-electron chi connectivity index (χ3n) is 1.08. The summed E-state index contributed by atoms with van der Waals surface area (Å²) in [4.78, 5) is 13.9. The minimum atomic E-state index is -0.826. The van der Waals surface area contributed by atoms with Gasteiger partial charge >= 0.3 is 5.97 Å². The van der Waals surface area contributed by atoms with Crippen LogP contribution in [0.2, 0.25) is 0 Å². The summed E-state index contributed by atoms with van der Waals surface area (Å²) in [5, 5.41) is 8.34. The molecule has 0 saturated heterocycles. The molecule has 53 valence electrons. The molecule has 1 N–H and O–H groups in total. The Morgan fingerprint density at radius 2 is 2.36 bits per heavy atom. The van der Waals surface area contributed by atoms with E-state index in [1.54, 1.807) is 24.5 Å². The number of nitrogens with zero attached hydrogens (tertiary/aromatic N) is 1. The van der Waals surface area contributed by atoms with E-state index in [2.05, 4.69) is 4.98 Å². The number of aliphatic carboxylic acids is 1. The normalized spacial score (nSPS) is 8.36. The van der Waals surface area contributed by atoms with Crippen molar-refractivity contribution >= 4 is 24.8 Å². The first-order chi connectivity index (χ1) is 4.79. The molecular formula is C7H7LiNO2. The third-order valence-corrected chi connectivity index (χ3v) is 1.08. The molecule has 11 heavy (non-hydrogen) atoms. The number of hydrogen-bond donors (Lipinski definition) is 1. The molecule has 1 rings (SSSR count). The quantitative estimate of drug-likeness (QED) is 0.608. The molecule has 0 unspecified atom stereocenters. The van der Waals surface area contributed by atoms with Crippen LogP contribution in [0.25, 0.3) is 0 Å². The van der Waals surface area contributed by atoms with E-state index < -0.39 is 5.97 Å². The molecule has 4 heteroatoms. The van der Waals surface area contributed by atoms with Crippen molar-refractivity contribution in [2.75, 3.05) is 0 Å². The molecular weight excluding hydrogens is 137 g/mol. The van der Waals surface area contributed by atoms with Gasteiger partial charge in [-0.05, 0) is 11.6 Å². The maximum Gasteiger partial charge on any atom is 0.307 e. The molecule has 0 fully saturated rings. The maximum absolute atomic E-state index is 10.1. The van der Waals surface area contributed by atoms with Gasteiger partial charge in [0.15, 0.2) is 0 Å². The largest absolute Gasteiger partial charge is 0.481 e. The van der Waals surface area contributed by atoms with E-state index in [-0.39, 0.29) is 25.3 Å². The summed E-state index contributed by atoms with van der Waals surface area (Å²) in [7, 11) is 0. The smallest absolute Gasteiger partial charge is 0.307 e. The number of hydrogen-bond acceptors (Lipinski definition) is 2. The summed E-state index contributed by atoms with van der Waals surface area (Å²) in [6.45, 7) is 0. The van der Waals surface area contributed by atoms with Crippen LogP contribution >= 0.6 is 0 Å². The van der Waals surface area contributed by atoms with E-state index in [0.29, 0.717) is 0 Å². The van der Waals surface area contributed by atoms with Gasteiger partial charge in [-0.3, -0.25) is 9.78 Å². The zero-order valence-electron chi connectivity index (χ0n) is 6.32. The summed E-state index contributed by atoms with van der Waals surface area (Å²) in [6.07, 6.45) is 3.22. The summed E-state index contributed by atoms with van der Waals surface area (Å²) in [5.41, 5.74) is 0.731. The monoisotopic (exact) mass is 144 g/mol. The number of pyridine rings is 1. The maximum atomic E-state index is 10.1. The van der Waals surface area contributed by atoms with Crippen LogP contribution in [0.1, 0.15) is 5.56 Å². The van der Waals surface area contributed by atoms with E-state index in [1.807, 2.05) is 0 Å². The molecule has 0 aliphatic heterocycles. The molecule has 3 nitrogen and oxygen atoms in total. The number of carbonyl (C=O) groups is 1. The number of carboxylic acid groups (broad SMARTS) is 1. The van der Waals surface area contributed by atoms with E-state index >= 15 is 0 Å². The molecule has 0 amide bonds. The first-order valence-corrected chi connectivity index (χ1v) is 2.90. The summed E-state index contributed by atoms with van der Waals surface area (Å²) in [5.74, 6) is -0.826. The fraction of sp³-hybridized carbons (Fsp3) is 0.143. The summed E-state index contributed by atoms with van der Waals surface area (Å²) in [6, 6.07) is 3.46. The van der Waals surface area contributed by atoms with Gasteiger partial charge in [0.05, 0.1) is 6.42 Å². The van der Waals surface area contributed by atoms with E-state index in [4.69, 9.17) is 5.11 Å². The van der Waals surface area contributed by atoms with Crippen molar-refractivity contribution in [3.05, 3.63) is 30.1 Å². The van der Waals surface area contributed by atoms with Gasteiger partial charge in [0, 0.05) is 31.3 Å². The van der Waals surface area contributed by atoms with Crippen molar-refractivity contribution in [2.24, 2.45) is 0 Å². The van der Waals surface area contributed by atoms with Gasteiger partial charge in [-0.2, -0.15) is 0 Å². The Bertz CT molecular complexity index is 225. The number of aromatic nitrogens is 1. The molecule has 0 aliphatic rings. The Morgan fingerprint density at radius 3 is 2.82 bits per heavy atom. The van der Waals surface area contributed by atoms with Crippen LogP contribution in [0, 0.1) is 0 Å². The van der Waals surface area contributed by atoms with Gasteiger partial charge in [-0.25, -0.2) is 0 Å². The van der Waals surface area contributed by atoms with Crippen molar-refractivity contribution in [2.45, 2.75) is 6.42 Å². The van der Waals surface area contributed by atoms with Crippen molar-refractivity contribution in [3.8, 4) is 0 Å². The second-order valence-corrected chi connectivity index (χ2v) is 1.93. The molecule has 0 aliphatic carbocycles. The van der Waals surface area contributed by atoms with Crippen LogP contribution in [-0.4, -0.2) is 34.9 Å². The predicted molar refractivity (Wildman–Crippen MR) is 41.3 cm³/mol. The van der Waals surface area contributed by atoms with Gasteiger partial charge in [0.1, 0.15) is 0 Å². The molecule has 0 bridgehead atoms. The molecule has 0 saturated carbocycles. The van der Waals surface area contributed by atoms with Gasteiger partial charge < -0.3 is 5.11 Å². The summed E-state index contributed by atoms with van der Waals surface area (Å²) < 4.78 is 0. The van der Waals surface area contributed by atoms with Crippen molar-refractivity contribution in [1.82, 2.24) is 4.98 Å². The number of carboxylic acids is 1. The average Bonchev–Trinajstić information content (AvgIpc) is 1.88. The first kappa shape index (κ1) is 10.2. The fourth-order valence-electron chi connectivity index (χ4n) is 0.677. The fourth-order valence-corrected chi connectivity index (χ4v) is 0.677. The van der Waals surface area contributed by atoms with E-state index in [1.165, 1.54) is 0 Å². The van der Waals surface area contributed by atoms with Crippen molar-refractivity contribution < 1.29 is 9.90 Å². The Hall–Kier alpha value is -0.783. The van der Waals surface area contributed by atoms with Crippen LogP contribution in [0.3, 0.4) is 0 Å². The standard InChI is InChI=1S/C7H7NO2.Li/c9-7(10)4-6-2-1-3-8-5-6;/h1-3,5H,4H2,(H,9,10);. The predicted octanol–water partition coefficient (Wildman–Crippen LogP) is 0.328. The van der Waals surface area contributed by atoms with Crippen molar-refractivity contribution in [3.63, 3.8) is 0 Å². The second kappa shape index (κ2) is 4.95. The number of rotatable bonds is 2. The molecule has 1 heterocycles. The Labute approximate surface area is 76.6 Å². The average molecular weight is 144 g/mol.